The molecule has 130 valence electrons. The number of nitrogens with one attached hydrogen (secondary N) is 1. The second kappa shape index (κ2) is 7.14. The summed E-state index contributed by atoms with van der Waals surface area (Å²) in [7, 11) is 0. The van der Waals surface area contributed by atoms with Gasteiger partial charge in [0.2, 0.25) is 5.91 Å². The zero-order valence-electron chi connectivity index (χ0n) is 14.1. The number of fused-ring (bicyclic) bond motifs is 1. The van der Waals surface area contributed by atoms with Crippen LogP contribution in [-0.4, -0.2) is 16.7 Å². The number of benzene rings is 2. The highest BCUT2D eigenvalue weighted by atomic mass is 32.1. The Morgan fingerprint density at radius 1 is 1.08 bits per heavy atom. The van der Waals surface area contributed by atoms with E-state index >= 15 is 0 Å². The summed E-state index contributed by atoms with van der Waals surface area (Å²) in [6, 6.07) is 19.4. The number of carbonyl (C=O) groups is 2. The summed E-state index contributed by atoms with van der Waals surface area (Å²) >= 11 is 1.57. The van der Waals surface area contributed by atoms with Crippen LogP contribution in [0, 0.1) is 0 Å². The van der Waals surface area contributed by atoms with Gasteiger partial charge >= 0.3 is 0 Å². The minimum atomic E-state index is -0.0436. The minimum absolute atomic E-state index is 0.0420. The van der Waals surface area contributed by atoms with Crippen LogP contribution in [0.2, 0.25) is 0 Å². The van der Waals surface area contributed by atoms with Gasteiger partial charge in [-0.2, -0.15) is 0 Å². The Balaban J connectivity index is 1.44. The standard InChI is InChI=1S/C21H18N2O2S/c24-20(12-18-7-4-10-26-18)22-17-8-9-19-16(11-17)14-23(21(19)25)13-15-5-2-1-3-6-15/h1-11H,12-14H2,(H,22,24). The van der Waals surface area contributed by atoms with E-state index < -0.39 is 0 Å². The maximum atomic E-state index is 12.6. The number of hydrogen-bond donors (Lipinski definition) is 1. The topological polar surface area (TPSA) is 49.4 Å². The molecule has 1 aliphatic rings. The van der Waals surface area contributed by atoms with Crippen molar-refractivity contribution < 1.29 is 9.59 Å². The van der Waals surface area contributed by atoms with Gasteiger partial charge in [0.25, 0.3) is 5.91 Å². The molecule has 0 atom stereocenters. The Morgan fingerprint density at radius 3 is 2.69 bits per heavy atom. The first-order valence-electron chi connectivity index (χ1n) is 8.47. The van der Waals surface area contributed by atoms with Crippen LogP contribution in [-0.2, 0) is 24.3 Å². The number of carbonyl (C=O) groups excluding carboxylic acids is 2. The van der Waals surface area contributed by atoms with E-state index in [1.54, 1.807) is 17.4 Å². The van der Waals surface area contributed by atoms with Crippen LogP contribution in [0.5, 0.6) is 0 Å². The van der Waals surface area contributed by atoms with Crippen molar-refractivity contribution in [2.75, 3.05) is 5.32 Å². The molecule has 2 heterocycles. The Labute approximate surface area is 156 Å². The van der Waals surface area contributed by atoms with Gasteiger partial charge in [-0.05, 0) is 40.8 Å². The van der Waals surface area contributed by atoms with E-state index in [0.29, 0.717) is 19.5 Å². The van der Waals surface area contributed by atoms with Crippen molar-refractivity contribution in [1.29, 1.82) is 0 Å². The normalized spacial score (nSPS) is 12.9. The predicted molar refractivity (Wildman–Crippen MR) is 103 cm³/mol. The molecule has 0 aliphatic carbocycles. The molecule has 0 unspecified atom stereocenters. The van der Waals surface area contributed by atoms with Crippen LogP contribution >= 0.6 is 11.3 Å². The first-order chi connectivity index (χ1) is 12.7. The number of thiophene rings is 1. The third kappa shape index (κ3) is 3.53. The SMILES string of the molecule is O=C(Cc1cccs1)Nc1ccc2c(c1)CN(Cc1ccccc1)C2=O. The van der Waals surface area contributed by atoms with Crippen molar-refractivity contribution in [2.24, 2.45) is 0 Å². The molecule has 0 fully saturated rings. The van der Waals surface area contributed by atoms with Crippen molar-refractivity contribution in [3.8, 4) is 0 Å². The Hall–Kier alpha value is -2.92. The van der Waals surface area contributed by atoms with Crippen LogP contribution in [0.15, 0.2) is 66.0 Å². The second-order valence-electron chi connectivity index (χ2n) is 6.32. The molecular weight excluding hydrogens is 344 g/mol. The molecule has 0 saturated carbocycles. The number of nitrogens with zero attached hydrogens (tertiary/aromatic N) is 1. The Bertz CT molecular complexity index is 936. The lowest BCUT2D eigenvalue weighted by Crippen LogP contribution is -2.23. The smallest absolute Gasteiger partial charge is 0.254 e. The zero-order chi connectivity index (χ0) is 17.9. The highest BCUT2D eigenvalue weighted by molar-refractivity contribution is 7.10. The molecule has 5 heteroatoms. The van der Waals surface area contributed by atoms with Gasteiger partial charge in [0.15, 0.2) is 0 Å². The lowest BCUT2D eigenvalue weighted by atomic mass is 10.1. The van der Waals surface area contributed by atoms with Gasteiger partial charge in [0, 0.05) is 29.2 Å². The number of amides is 2. The molecule has 1 aliphatic heterocycles. The van der Waals surface area contributed by atoms with E-state index in [0.717, 1.165) is 27.3 Å². The molecule has 1 N–H and O–H groups in total. The molecule has 4 nitrogen and oxygen atoms in total. The van der Waals surface area contributed by atoms with Crippen molar-refractivity contribution in [1.82, 2.24) is 4.90 Å². The molecule has 0 bridgehead atoms. The molecule has 2 aromatic carbocycles. The maximum absolute atomic E-state index is 12.6. The van der Waals surface area contributed by atoms with Crippen LogP contribution in [0.1, 0.15) is 26.4 Å². The van der Waals surface area contributed by atoms with Crippen LogP contribution < -0.4 is 5.32 Å². The van der Waals surface area contributed by atoms with Crippen LogP contribution in [0.3, 0.4) is 0 Å². The van der Waals surface area contributed by atoms with Gasteiger partial charge < -0.3 is 10.2 Å². The fourth-order valence-electron chi connectivity index (χ4n) is 3.17. The third-order valence-corrected chi connectivity index (χ3v) is 5.28. The van der Waals surface area contributed by atoms with Crippen molar-refractivity contribution in [3.05, 3.63) is 87.6 Å². The molecule has 1 aromatic heterocycles. The number of rotatable bonds is 5. The van der Waals surface area contributed by atoms with Gasteiger partial charge in [-0.25, -0.2) is 0 Å². The number of hydrogen-bond acceptors (Lipinski definition) is 3. The molecular formula is C21H18N2O2S. The average molecular weight is 362 g/mol. The van der Waals surface area contributed by atoms with E-state index in [-0.39, 0.29) is 11.8 Å². The quantitative estimate of drug-likeness (QED) is 0.743. The average Bonchev–Trinajstić information content (AvgIpc) is 3.24. The van der Waals surface area contributed by atoms with E-state index in [2.05, 4.69) is 5.32 Å². The molecule has 26 heavy (non-hydrogen) atoms. The fraction of sp³-hybridized carbons (Fsp3) is 0.143. The summed E-state index contributed by atoms with van der Waals surface area (Å²) in [6.45, 7) is 1.16. The summed E-state index contributed by atoms with van der Waals surface area (Å²) in [4.78, 5) is 27.6. The van der Waals surface area contributed by atoms with E-state index in [9.17, 15) is 9.59 Å². The van der Waals surface area contributed by atoms with Crippen LogP contribution in [0.25, 0.3) is 0 Å². The first kappa shape index (κ1) is 16.5. The molecule has 2 amide bonds. The highest BCUT2D eigenvalue weighted by Gasteiger charge is 2.27. The van der Waals surface area contributed by atoms with Gasteiger partial charge in [0.05, 0.1) is 6.42 Å². The summed E-state index contributed by atoms with van der Waals surface area (Å²) in [5, 5.41) is 4.89. The highest BCUT2D eigenvalue weighted by Crippen LogP contribution is 2.27. The summed E-state index contributed by atoms with van der Waals surface area (Å²) < 4.78 is 0. The van der Waals surface area contributed by atoms with E-state index in [4.69, 9.17) is 0 Å². The van der Waals surface area contributed by atoms with Crippen molar-refractivity contribution >= 4 is 28.8 Å². The Kier molecular flexibility index (Phi) is 4.54. The van der Waals surface area contributed by atoms with E-state index in [1.165, 1.54) is 0 Å². The minimum Gasteiger partial charge on any atom is -0.330 e. The lowest BCUT2D eigenvalue weighted by molar-refractivity contribution is -0.115. The summed E-state index contributed by atoms with van der Waals surface area (Å²) in [6.07, 6.45) is 0.369. The molecule has 3 aromatic rings. The lowest BCUT2D eigenvalue weighted by Gasteiger charge is -2.15. The largest absolute Gasteiger partial charge is 0.330 e. The predicted octanol–water partition coefficient (Wildman–Crippen LogP) is 4.09. The Morgan fingerprint density at radius 2 is 1.92 bits per heavy atom. The van der Waals surface area contributed by atoms with Crippen molar-refractivity contribution in [3.63, 3.8) is 0 Å². The van der Waals surface area contributed by atoms with Gasteiger partial charge in [-0.15, -0.1) is 11.3 Å². The zero-order valence-corrected chi connectivity index (χ0v) is 15.0. The van der Waals surface area contributed by atoms with Crippen LogP contribution in [0.4, 0.5) is 5.69 Å². The maximum Gasteiger partial charge on any atom is 0.254 e. The van der Waals surface area contributed by atoms with Gasteiger partial charge in [-0.3, -0.25) is 9.59 Å². The van der Waals surface area contributed by atoms with Gasteiger partial charge in [0.1, 0.15) is 0 Å². The van der Waals surface area contributed by atoms with E-state index in [1.807, 2.05) is 64.9 Å². The molecule has 0 saturated heterocycles. The second-order valence-corrected chi connectivity index (χ2v) is 7.36. The summed E-state index contributed by atoms with van der Waals surface area (Å²) in [5.41, 5.74) is 3.52. The van der Waals surface area contributed by atoms with Gasteiger partial charge in [-0.1, -0.05) is 36.4 Å². The van der Waals surface area contributed by atoms with Crippen molar-refractivity contribution in [2.45, 2.75) is 19.5 Å². The molecule has 4 rings (SSSR count). The number of anilines is 1. The third-order valence-electron chi connectivity index (χ3n) is 4.40. The monoisotopic (exact) mass is 362 g/mol. The molecule has 0 spiro atoms. The molecule has 0 radical (unpaired) electrons. The fourth-order valence-corrected chi connectivity index (χ4v) is 3.87. The summed E-state index contributed by atoms with van der Waals surface area (Å²) in [5.74, 6) is -0.00168. The first-order valence-corrected chi connectivity index (χ1v) is 9.35.